The highest BCUT2D eigenvalue weighted by atomic mass is 16.7. The lowest BCUT2D eigenvalue weighted by molar-refractivity contribution is -0.144. The summed E-state index contributed by atoms with van der Waals surface area (Å²) in [5.41, 5.74) is 2.16. The van der Waals surface area contributed by atoms with Crippen LogP contribution < -0.4 is 0 Å². The molecule has 4 rings (SSSR count). The van der Waals surface area contributed by atoms with Crippen LogP contribution in [0.4, 0.5) is 0 Å². The number of nitrogens with zero attached hydrogens (tertiary/aromatic N) is 3. The van der Waals surface area contributed by atoms with Crippen molar-refractivity contribution in [3.63, 3.8) is 0 Å². The van der Waals surface area contributed by atoms with E-state index in [1.807, 2.05) is 4.68 Å². The summed E-state index contributed by atoms with van der Waals surface area (Å²) < 4.78 is 12.9. The zero-order chi connectivity index (χ0) is 17.1. The molecule has 128 valence electrons. The number of hydrogen-bond acceptors (Lipinski definition) is 4. The zero-order valence-corrected chi connectivity index (χ0v) is 14.3. The van der Waals surface area contributed by atoms with Crippen molar-refractivity contribution in [1.29, 1.82) is 0 Å². The van der Waals surface area contributed by atoms with Gasteiger partial charge in [-0.25, -0.2) is 9.67 Å². The fourth-order valence-electron chi connectivity index (χ4n) is 3.33. The minimum absolute atomic E-state index is 0.176. The van der Waals surface area contributed by atoms with Crippen molar-refractivity contribution >= 4 is 16.5 Å². The summed E-state index contributed by atoms with van der Waals surface area (Å²) in [6.45, 7) is 3.79. The summed E-state index contributed by atoms with van der Waals surface area (Å²) in [5, 5.41) is 6.85. The van der Waals surface area contributed by atoms with E-state index in [-0.39, 0.29) is 5.41 Å². The summed E-state index contributed by atoms with van der Waals surface area (Å²) in [6, 6.07) is 14.9. The van der Waals surface area contributed by atoms with E-state index in [4.69, 9.17) is 9.47 Å². The first-order valence-corrected chi connectivity index (χ1v) is 8.42. The van der Waals surface area contributed by atoms with Crippen LogP contribution in [0.3, 0.4) is 0 Å². The molecule has 3 aromatic rings. The van der Waals surface area contributed by atoms with Gasteiger partial charge in [-0.05, 0) is 16.3 Å². The molecule has 5 heteroatoms. The quantitative estimate of drug-likeness (QED) is 0.732. The second-order valence-electron chi connectivity index (χ2n) is 6.76. The molecule has 1 saturated heterocycles. The molecule has 0 saturated carbocycles. The number of aromatic nitrogens is 3. The molecule has 0 bridgehead atoms. The lowest BCUT2D eigenvalue weighted by Gasteiger charge is -2.31. The molecule has 0 amide bonds. The summed E-state index contributed by atoms with van der Waals surface area (Å²) in [7, 11) is 0. The molecule has 1 aliphatic rings. The third-order valence-corrected chi connectivity index (χ3v) is 4.51. The van der Waals surface area contributed by atoms with Crippen molar-refractivity contribution in [1.82, 2.24) is 14.8 Å². The number of allylic oxidation sites excluding steroid dienone is 1. The highest BCUT2D eigenvalue weighted by molar-refractivity contribution is 5.86. The molecule has 2 heterocycles. The molecular formula is C20H21N3O2. The largest absolute Gasteiger partial charge is 0.354 e. The Labute approximate surface area is 146 Å². The molecule has 1 aromatic heterocycles. The van der Waals surface area contributed by atoms with Crippen LogP contribution in [0.1, 0.15) is 12.5 Å². The first-order valence-electron chi connectivity index (χ1n) is 8.42. The molecule has 0 atom stereocenters. The van der Waals surface area contributed by atoms with Crippen molar-refractivity contribution in [2.45, 2.75) is 13.3 Å². The van der Waals surface area contributed by atoms with Crippen molar-refractivity contribution in [3.05, 3.63) is 66.8 Å². The predicted octanol–water partition coefficient (Wildman–Crippen LogP) is 3.53. The normalized spacial score (nSPS) is 17.7. The van der Waals surface area contributed by atoms with Gasteiger partial charge in [0.25, 0.3) is 0 Å². The number of fused-ring (bicyclic) bond motifs is 1. The molecule has 5 nitrogen and oxygen atoms in total. The smallest absolute Gasteiger partial charge is 0.146 e. The van der Waals surface area contributed by atoms with Crippen LogP contribution in [-0.4, -0.2) is 34.8 Å². The first-order chi connectivity index (χ1) is 12.2. The van der Waals surface area contributed by atoms with E-state index in [0.717, 1.165) is 12.1 Å². The second-order valence-corrected chi connectivity index (χ2v) is 6.76. The van der Waals surface area contributed by atoms with Gasteiger partial charge in [-0.2, -0.15) is 5.10 Å². The van der Waals surface area contributed by atoms with E-state index in [9.17, 15) is 0 Å². The van der Waals surface area contributed by atoms with Crippen LogP contribution in [0.25, 0.3) is 16.5 Å². The van der Waals surface area contributed by atoms with Gasteiger partial charge in [-0.15, -0.1) is 0 Å². The third kappa shape index (κ3) is 3.48. The van der Waals surface area contributed by atoms with Crippen molar-refractivity contribution in [3.8, 4) is 0 Å². The van der Waals surface area contributed by atoms with Gasteiger partial charge >= 0.3 is 0 Å². The second kappa shape index (κ2) is 6.78. The Morgan fingerprint density at radius 1 is 1.16 bits per heavy atom. The van der Waals surface area contributed by atoms with Crippen LogP contribution in [0.5, 0.6) is 0 Å². The number of benzene rings is 2. The fourth-order valence-corrected chi connectivity index (χ4v) is 3.33. The lowest BCUT2D eigenvalue weighted by atomic mass is 9.89. The monoisotopic (exact) mass is 335 g/mol. The summed E-state index contributed by atoms with van der Waals surface area (Å²) in [5.74, 6) is 0. The maximum absolute atomic E-state index is 5.51. The molecule has 0 radical (unpaired) electrons. The van der Waals surface area contributed by atoms with Crippen LogP contribution in [0, 0.1) is 5.41 Å². The van der Waals surface area contributed by atoms with Crippen molar-refractivity contribution in [2.75, 3.05) is 20.0 Å². The van der Waals surface area contributed by atoms with Gasteiger partial charge < -0.3 is 9.47 Å². The van der Waals surface area contributed by atoms with Gasteiger partial charge in [-0.3, -0.25) is 0 Å². The minimum atomic E-state index is -0.176. The Kier molecular flexibility index (Phi) is 4.34. The van der Waals surface area contributed by atoms with E-state index in [0.29, 0.717) is 20.0 Å². The Hall–Kier alpha value is -2.50. The van der Waals surface area contributed by atoms with Crippen molar-refractivity contribution < 1.29 is 9.47 Å². The average molecular weight is 335 g/mol. The van der Waals surface area contributed by atoms with Gasteiger partial charge in [0.15, 0.2) is 0 Å². The van der Waals surface area contributed by atoms with Crippen molar-refractivity contribution in [2.24, 2.45) is 5.41 Å². The molecule has 1 fully saturated rings. The van der Waals surface area contributed by atoms with E-state index < -0.39 is 0 Å². The van der Waals surface area contributed by atoms with Crippen LogP contribution >= 0.6 is 0 Å². The lowest BCUT2D eigenvalue weighted by Crippen LogP contribution is -2.33. The Morgan fingerprint density at radius 3 is 2.76 bits per heavy atom. The average Bonchev–Trinajstić information content (AvgIpc) is 3.17. The highest BCUT2D eigenvalue weighted by Crippen LogP contribution is 2.29. The molecule has 0 aliphatic carbocycles. The standard InChI is InChI=1S/C20H21N3O2/c1-20(11-24-15-25-12-20)10-18(23-14-21-13-22-23)9-17-7-4-6-16-5-2-3-8-19(16)17/h2-8,10,13-14H,9,11-12,15H2,1H3. The zero-order valence-electron chi connectivity index (χ0n) is 14.3. The molecule has 25 heavy (non-hydrogen) atoms. The molecule has 0 N–H and O–H groups in total. The minimum Gasteiger partial charge on any atom is -0.354 e. The maximum atomic E-state index is 5.51. The van der Waals surface area contributed by atoms with E-state index >= 15 is 0 Å². The SMILES string of the molecule is CC1(C=C(Cc2cccc3ccccc23)n2cncn2)COCOC1. The van der Waals surface area contributed by atoms with E-state index in [1.165, 1.54) is 16.3 Å². The Balaban J connectivity index is 1.74. The number of hydrogen-bond donors (Lipinski definition) is 0. The molecule has 1 aliphatic heterocycles. The summed E-state index contributed by atoms with van der Waals surface area (Å²) in [6.07, 6.45) is 6.28. The Morgan fingerprint density at radius 2 is 1.96 bits per heavy atom. The molecule has 2 aromatic carbocycles. The van der Waals surface area contributed by atoms with Gasteiger partial charge in [-0.1, -0.05) is 55.5 Å². The molecule has 0 spiro atoms. The van der Waals surface area contributed by atoms with Gasteiger partial charge in [0.05, 0.1) is 13.2 Å². The third-order valence-electron chi connectivity index (χ3n) is 4.51. The van der Waals surface area contributed by atoms with Gasteiger partial charge in [0.1, 0.15) is 19.4 Å². The highest BCUT2D eigenvalue weighted by Gasteiger charge is 2.27. The predicted molar refractivity (Wildman–Crippen MR) is 96.8 cm³/mol. The van der Waals surface area contributed by atoms with E-state index in [2.05, 4.69) is 65.5 Å². The van der Waals surface area contributed by atoms with Crippen LogP contribution in [-0.2, 0) is 15.9 Å². The summed E-state index contributed by atoms with van der Waals surface area (Å²) in [4.78, 5) is 4.11. The number of ether oxygens (including phenoxy) is 2. The molecule has 0 unspecified atom stereocenters. The summed E-state index contributed by atoms with van der Waals surface area (Å²) >= 11 is 0. The first kappa shape index (κ1) is 16.0. The number of rotatable bonds is 4. The Bertz CT molecular complexity index is 876. The van der Waals surface area contributed by atoms with E-state index in [1.54, 1.807) is 12.7 Å². The molecular weight excluding hydrogens is 314 g/mol. The van der Waals surface area contributed by atoms with Gasteiger partial charge in [0, 0.05) is 17.5 Å². The van der Waals surface area contributed by atoms with Gasteiger partial charge in [0.2, 0.25) is 0 Å². The van der Waals surface area contributed by atoms with Crippen LogP contribution in [0.15, 0.2) is 61.2 Å². The fraction of sp³-hybridized carbons (Fsp3) is 0.300. The topological polar surface area (TPSA) is 49.2 Å². The maximum Gasteiger partial charge on any atom is 0.146 e. The van der Waals surface area contributed by atoms with Crippen LogP contribution in [0.2, 0.25) is 0 Å².